The Kier molecular flexibility index (Phi) is 3.30. The minimum absolute atomic E-state index is 0.0176. The smallest absolute Gasteiger partial charge is 0.298 e. The van der Waals surface area contributed by atoms with Crippen molar-refractivity contribution in [3.05, 3.63) is 28.3 Å². The molecule has 1 N–H and O–H groups in total. The predicted octanol–water partition coefficient (Wildman–Crippen LogP) is 3.73. The van der Waals surface area contributed by atoms with E-state index in [9.17, 15) is 10.1 Å². The standard InChI is InChI=1S/C14H17N3O3/c1-9-5-2-3-6-10(9)15-14-16-13-11(17(18)19)7-4-8-12(13)20-14/h4,7-10H,2-3,5-6H2,1H3,(H,15,16). The number of para-hydroxylation sites is 1. The average Bonchev–Trinajstić information content (AvgIpc) is 2.83. The van der Waals surface area contributed by atoms with Gasteiger partial charge in [0, 0.05) is 12.1 Å². The number of oxazole rings is 1. The van der Waals surface area contributed by atoms with E-state index in [0.29, 0.717) is 29.1 Å². The van der Waals surface area contributed by atoms with Gasteiger partial charge >= 0.3 is 0 Å². The van der Waals surface area contributed by atoms with Crippen LogP contribution in [0.1, 0.15) is 32.6 Å². The lowest BCUT2D eigenvalue weighted by atomic mass is 9.86. The van der Waals surface area contributed by atoms with Gasteiger partial charge in [-0.05, 0) is 24.8 Å². The Balaban J connectivity index is 1.89. The molecule has 6 nitrogen and oxygen atoms in total. The van der Waals surface area contributed by atoms with Gasteiger partial charge in [0.2, 0.25) is 0 Å². The fourth-order valence-corrected chi connectivity index (χ4v) is 2.83. The van der Waals surface area contributed by atoms with E-state index in [1.807, 2.05) is 0 Å². The van der Waals surface area contributed by atoms with Gasteiger partial charge < -0.3 is 9.73 Å². The number of fused-ring (bicyclic) bond motifs is 1. The molecule has 3 rings (SSSR count). The summed E-state index contributed by atoms with van der Waals surface area (Å²) in [6, 6.07) is 5.46. The Bertz CT molecular complexity index is 638. The first-order chi connectivity index (χ1) is 9.65. The summed E-state index contributed by atoms with van der Waals surface area (Å²) in [4.78, 5) is 14.8. The van der Waals surface area contributed by atoms with Crippen molar-refractivity contribution in [2.45, 2.75) is 38.6 Å². The number of nitro groups is 1. The van der Waals surface area contributed by atoms with E-state index in [1.165, 1.54) is 25.3 Å². The molecule has 2 atom stereocenters. The van der Waals surface area contributed by atoms with E-state index in [-0.39, 0.29) is 5.69 Å². The highest BCUT2D eigenvalue weighted by Crippen LogP contribution is 2.30. The third kappa shape index (κ3) is 2.33. The van der Waals surface area contributed by atoms with Gasteiger partial charge in [-0.25, -0.2) is 0 Å². The minimum atomic E-state index is -0.433. The van der Waals surface area contributed by atoms with Gasteiger partial charge in [-0.1, -0.05) is 25.8 Å². The first-order valence-corrected chi connectivity index (χ1v) is 6.95. The highest BCUT2D eigenvalue weighted by Gasteiger charge is 2.24. The largest absolute Gasteiger partial charge is 0.423 e. The summed E-state index contributed by atoms with van der Waals surface area (Å²) in [7, 11) is 0. The molecule has 0 aliphatic heterocycles. The van der Waals surface area contributed by atoms with Crippen molar-refractivity contribution in [3.63, 3.8) is 0 Å². The van der Waals surface area contributed by atoms with Gasteiger partial charge in [0.05, 0.1) is 4.92 Å². The average molecular weight is 275 g/mol. The van der Waals surface area contributed by atoms with Crippen LogP contribution in [-0.4, -0.2) is 15.9 Å². The highest BCUT2D eigenvalue weighted by molar-refractivity contribution is 5.84. The van der Waals surface area contributed by atoms with E-state index in [1.54, 1.807) is 12.1 Å². The van der Waals surface area contributed by atoms with Crippen LogP contribution < -0.4 is 5.32 Å². The quantitative estimate of drug-likeness (QED) is 0.681. The van der Waals surface area contributed by atoms with Crippen molar-refractivity contribution in [2.75, 3.05) is 5.32 Å². The topological polar surface area (TPSA) is 81.2 Å². The van der Waals surface area contributed by atoms with Crippen molar-refractivity contribution in [3.8, 4) is 0 Å². The molecule has 1 aliphatic rings. The molecule has 20 heavy (non-hydrogen) atoms. The molecule has 6 heteroatoms. The zero-order chi connectivity index (χ0) is 14.1. The maximum Gasteiger partial charge on any atom is 0.298 e. The molecule has 106 valence electrons. The summed E-state index contributed by atoms with van der Waals surface area (Å²) in [6.45, 7) is 2.21. The summed E-state index contributed by atoms with van der Waals surface area (Å²) in [6.07, 6.45) is 4.74. The molecule has 0 radical (unpaired) electrons. The Morgan fingerprint density at radius 3 is 2.95 bits per heavy atom. The number of non-ortho nitro benzene ring substituents is 1. The molecular formula is C14H17N3O3. The summed E-state index contributed by atoms with van der Waals surface area (Å²) in [5.41, 5.74) is 0.740. The minimum Gasteiger partial charge on any atom is -0.423 e. The first kappa shape index (κ1) is 12.9. The Morgan fingerprint density at radius 2 is 2.20 bits per heavy atom. The fourth-order valence-electron chi connectivity index (χ4n) is 2.83. The van der Waals surface area contributed by atoms with Crippen LogP contribution in [0.15, 0.2) is 22.6 Å². The van der Waals surface area contributed by atoms with Crippen LogP contribution >= 0.6 is 0 Å². The van der Waals surface area contributed by atoms with Crippen molar-refractivity contribution in [2.24, 2.45) is 5.92 Å². The Morgan fingerprint density at radius 1 is 1.40 bits per heavy atom. The van der Waals surface area contributed by atoms with Crippen molar-refractivity contribution < 1.29 is 9.34 Å². The molecule has 0 saturated heterocycles. The molecule has 2 aromatic rings. The van der Waals surface area contributed by atoms with Crippen molar-refractivity contribution >= 4 is 22.8 Å². The van der Waals surface area contributed by atoms with Gasteiger partial charge in [-0.2, -0.15) is 4.98 Å². The molecular weight excluding hydrogens is 258 g/mol. The second-order valence-electron chi connectivity index (χ2n) is 5.41. The molecule has 2 unspecified atom stereocenters. The number of nitrogens with zero attached hydrogens (tertiary/aromatic N) is 2. The lowest BCUT2D eigenvalue weighted by molar-refractivity contribution is -0.383. The van der Waals surface area contributed by atoms with Gasteiger partial charge in [0.25, 0.3) is 11.7 Å². The van der Waals surface area contributed by atoms with Crippen LogP contribution in [0.5, 0.6) is 0 Å². The molecule has 0 spiro atoms. The fraction of sp³-hybridized carbons (Fsp3) is 0.500. The summed E-state index contributed by atoms with van der Waals surface area (Å²) >= 11 is 0. The lowest BCUT2D eigenvalue weighted by Gasteiger charge is -2.28. The lowest BCUT2D eigenvalue weighted by Crippen LogP contribution is -2.30. The van der Waals surface area contributed by atoms with Crippen LogP contribution in [0.25, 0.3) is 11.1 Å². The molecule has 1 aromatic carbocycles. The third-order valence-electron chi connectivity index (χ3n) is 4.01. The number of hydrogen-bond donors (Lipinski definition) is 1. The van der Waals surface area contributed by atoms with Crippen LogP contribution in [0, 0.1) is 16.0 Å². The van der Waals surface area contributed by atoms with Crippen LogP contribution in [-0.2, 0) is 0 Å². The van der Waals surface area contributed by atoms with Gasteiger partial charge in [-0.15, -0.1) is 0 Å². The third-order valence-corrected chi connectivity index (χ3v) is 4.01. The van der Waals surface area contributed by atoms with Crippen LogP contribution in [0.2, 0.25) is 0 Å². The highest BCUT2D eigenvalue weighted by atomic mass is 16.6. The molecule has 1 saturated carbocycles. The van der Waals surface area contributed by atoms with Crippen LogP contribution in [0.4, 0.5) is 11.7 Å². The molecule has 1 aromatic heterocycles. The second-order valence-corrected chi connectivity index (χ2v) is 5.41. The zero-order valence-electron chi connectivity index (χ0n) is 11.3. The molecule has 1 fully saturated rings. The van der Waals surface area contributed by atoms with Gasteiger partial charge in [-0.3, -0.25) is 10.1 Å². The molecule has 1 heterocycles. The molecule has 1 aliphatic carbocycles. The number of nitro benzene ring substituents is 1. The normalized spacial score (nSPS) is 22.9. The molecule has 0 bridgehead atoms. The van der Waals surface area contributed by atoms with E-state index in [2.05, 4.69) is 17.2 Å². The maximum atomic E-state index is 11.0. The molecule has 0 amide bonds. The predicted molar refractivity (Wildman–Crippen MR) is 75.7 cm³/mol. The number of nitrogens with one attached hydrogen (secondary N) is 1. The number of hydrogen-bond acceptors (Lipinski definition) is 5. The van der Waals surface area contributed by atoms with Gasteiger partial charge in [0.1, 0.15) is 0 Å². The van der Waals surface area contributed by atoms with Crippen molar-refractivity contribution in [1.82, 2.24) is 4.98 Å². The number of benzene rings is 1. The zero-order valence-corrected chi connectivity index (χ0v) is 11.3. The number of anilines is 1. The van der Waals surface area contributed by atoms with E-state index < -0.39 is 4.92 Å². The summed E-state index contributed by atoms with van der Waals surface area (Å²) < 4.78 is 5.58. The SMILES string of the molecule is CC1CCCCC1Nc1nc2c([N+](=O)[O-])cccc2o1. The van der Waals surface area contributed by atoms with Crippen LogP contribution in [0.3, 0.4) is 0 Å². The number of aromatic nitrogens is 1. The van der Waals surface area contributed by atoms with E-state index in [4.69, 9.17) is 4.42 Å². The van der Waals surface area contributed by atoms with Crippen molar-refractivity contribution in [1.29, 1.82) is 0 Å². The summed E-state index contributed by atoms with van der Waals surface area (Å²) in [5, 5.41) is 14.3. The maximum absolute atomic E-state index is 11.0. The first-order valence-electron chi connectivity index (χ1n) is 6.95. The van der Waals surface area contributed by atoms with E-state index >= 15 is 0 Å². The summed E-state index contributed by atoms with van der Waals surface area (Å²) in [5.74, 6) is 0.564. The number of rotatable bonds is 3. The Hall–Kier alpha value is -2.11. The monoisotopic (exact) mass is 275 g/mol. The Labute approximate surface area is 116 Å². The van der Waals surface area contributed by atoms with E-state index in [0.717, 1.165) is 6.42 Å². The second kappa shape index (κ2) is 5.11. The van der Waals surface area contributed by atoms with Gasteiger partial charge in [0.15, 0.2) is 11.1 Å².